The number of aryl methyl sites for hydroxylation is 1. The molecule has 10 heteroatoms. The van der Waals surface area contributed by atoms with Crippen LogP contribution in [0.3, 0.4) is 0 Å². The van der Waals surface area contributed by atoms with Crippen LogP contribution in [0.25, 0.3) is 10.4 Å². The van der Waals surface area contributed by atoms with E-state index >= 15 is 0 Å². The molecule has 112 valence electrons. The van der Waals surface area contributed by atoms with E-state index in [2.05, 4.69) is 15.1 Å². The molecule has 1 aliphatic rings. The van der Waals surface area contributed by atoms with Gasteiger partial charge < -0.3 is 4.74 Å². The second-order valence-electron chi connectivity index (χ2n) is 4.76. The number of rotatable bonds is 3. The van der Waals surface area contributed by atoms with Gasteiger partial charge in [0.1, 0.15) is 24.1 Å². The Hall–Kier alpha value is -2.45. The molecule has 0 N–H and O–H groups in total. The summed E-state index contributed by atoms with van der Waals surface area (Å²) in [6.45, 7) is 1.54. The lowest BCUT2D eigenvalue weighted by Crippen LogP contribution is -2.28. The van der Waals surface area contributed by atoms with Crippen molar-refractivity contribution in [1.82, 2.24) is 9.78 Å². The van der Waals surface area contributed by atoms with Crippen molar-refractivity contribution in [3.8, 4) is 0 Å². The number of azide groups is 1. The highest BCUT2D eigenvalue weighted by atomic mass is 16.6. The Morgan fingerprint density at radius 3 is 2.95 bits per heavy atom. The number of hydrogen-bond donors (Lipinski definition) is 0. The number of carbonyl (C=O) groups is 1. The molecule has 0 saturated carbocycles. The number of ether oxygens (including phenoxy) is 1. The van der Waals surface area contributed by atoms with Gasteiger partial charge in [-0.25, -0.2) is 0 Å². The van der Waals surface area contributed by atoms with E-state index in [0.717, 1.165) is 6.20 Å². The molecule has 2 rings (SSSR count). The van der Waals surface area contributed by atoms with Crippen molar-refractivity contribution in [2.45, 2.75) is 38.0 Å². The molecule has 10 nitrogen and oxygen atoms in total. The fourth-order valence-corrected chi connectivity index (χ4v) is 2.43. The Labute approximate surface area is 119 Å². The fourth-order valence-electron chi connectivity index (χ4n) is 2.43. The smallest absolute Gasteiger partial charge is 0.312 e. The summed E-state index contributed by atoms with van der Waals surface area (Å²) in [5, 5.41) is 18.4. The molecule has 0 aromatic carbocycles. The Balaban J connectivity index is 2.34. The van der Waals surface area contributed by atoms with Crippen LogP contribution in [0.5, 0.6) is 0 Å². The van der Waals surface area contributed by atoms with Crippen LogP contribution in [-0.4, -0.2) is 32.6 Å². The Bertz CT molecular complexity index is 620. The molecule has 0 aliphatic carbocycles. The molecule has 1 saturated heterocycles. The maximum atomic E-state index is 12.0. The van der Waals surface area contributed by atoms with Gasteiger partial charge in [-0.3, -0.25) is 19.6 Å². The summed E-state index contributed by atoms with van der Waals surface area (Å²) in [7, 11) is 1.58. The van der Waals surface area contributed by atoms with Gasteiger partial charge in [0, 0.05) is 12.0 Å². The quantitative estimate of drug-likeness (QED) is 0.275. The second-order valence-corrected chi connectivity index (χ2v) is 4.76. The molecule has 3 atom stereocenters. The fraction of sp³-hybridized carbons (Fsp3) is 0.636. The van der Waals surface area contributed by atoms with Crippen LogP contribution < -0.4 is 0 Å². The molecule has 1 aliphatic heterocycles. The van der Waals surface area contributed by atoms with Crippen LogP contribution >= 0.6 is 0 Å². The van der Waals surface area contributed by atoms with E-state index in [9.17, 15) is 14.9 Å². The Morgan fingerprint density at radius 1 is 1.62 bits per heavy atom. The average Bonchev–Trinajstić information content (AvgIpc) is 2.76. The van der Waals surface area contributed by atoms with E-state index in [4.69, 9.17) is 10.3 Å². The number of hydrogen-bond acceptors (Lipinski definition) is 6. The molecule has 2 heterocycles. The normalized spacial score (nSPS) is 26.0. The molecule has 1 aromatic heterocycles. The summed E-state index contributed by atoms with van der Waals surface area (Å²) in [5.74, 6) is -0.319. The number of nitro groups is 1. The van der Waals surface area contributed by atoms with Crippen molar-refractivity contribution >= 4 is 11.5 Å². The largest absolute Gasteiger partial charge is 0.361 e. The molecule has 1 aromatic rings. The van der Waals surface area contributed by atoms with E-state index in [1.54, 1.807) is 14.0 Å². The van der Waals surface area contributed by atoms with Gasteiger partial charge in [-0.2, -0.15) is 5.10 Å². The van der Waals surface area contributed by atoms with Crippen LogP contribution in [0.2, 0.25) is 0 Å². The molecule has 0 unspecified atom stereocenters. The van der Waals surface area contributed by atoms with Gasteiger partial charge in [0.05, 0.1) is 11.0 Å². The maximum Gasteiger partial charge on any atom is 0.312 e. The summed E-state index contributed by atoms with van der Waals surface area (Å²) in [6.07, 6.45) is 0.319. The number of aromatic nitrogens is 2. The number of Topliss-reactive ketones (excluding diaryl/α,β-unsaturated/α-hetero) is 1. The van der Waals surface area contributed by atoms with E-state index in [1.165, 1.54) is 4.68 Å². The standard InChI is InChI=1S/C11H14N6O4/c1-6-11(18)7(14-15-12)3-4-9(21-6)10-8(17(19)20)5-13-16(10)2/h5-7,9H,3-4H2,1-2H3/t6-,7+,9-/m0/s1. The van der Waals surface area contributed by atoms with Gasteiger partial charge in [-0.05, 0) is 25.3 Å². The van der Waals surface area contributed by atoms with Gasteiger partial charge in [0.2, 0.25) is 0 Å². The third-order valence-corrected chi connectivity index (χ3v) is 3.46. The molecular formula is C11H14N6O4. The molecule has 0 spiro atoms. The molecule has 21 heavy (non-hydrogen) atoms. The Kier molecular flexibility index (Phi) is 4.20. The van der Waals surface area contributed by atoms with Crippen LogP contribution in [0.4, 0.5) is 5.69 Å². The lowest BCUT2D eigenvalue weighted by molar-refractivity contribution is -0.386. The summed E-state index contributed by atoms with van der Waals surface area (Å²) in [4.78, 5) is 25.2. The van der Waals surface area contributed by atoms with Crippen molar-refractivity contribution in [1.29, 1.82) is 0 Å². The number of nitrogens with zero attached hydrogens (tertiary/aromatic N) is 6. The highest BCUT2D eigenvalue weighted by Gasteiger charge is 2.36. The lowest BCUT2D eigenvalue weighted by Gasteiger charge is -2.17. The predicted molar refractivity (Wildman–Crippen MR) is 70.3 cm³/mol. The third-order valence-electron chi connectivity index (χ3n) is 3.46. The van der Waals surface area contributed by atoms with Crippen LogP contribution in [0.15, 0.2) is 11.3 Å². The zero-order valence-electron chi connectivity index (χ0n) is 11.5. The highest BCUT2D eigenvalue weighted by molar-refractivity contribution is 5.88. The van der Waals surface area contributed by atoms with Crippen LogP contribution in [0, 0.1) is 10.1 Å². The minimum Gasteiger partial charge on any atom is -0.361 e. The lowest BCUT2D eigenvalue weighted by atomic mass is 10.0. The van der Waals surface area contributed by atoms with Gasteiger partial charge in [0.25, 0.3) is 0 Å². The predicted octanol–water partition coefficient (Wildman–Crippen LogP) is 1.82. The SMILES string of the molecule is C[C@@H]1O[C@H](c2c([N+](=O)[O-])cnn2C)CC[C@@H](N=[N+]=[N-])C1=O. The van der Waals surface area contributed by atoms with Gasteiger partial charge in [0.15, 0.2) is 5.78 Å². The van der Waals surface area contributed by atoms with Gasteiger partial charge in [-0.1, -0.05) is 5.11 Å². The number of carbonyl (C=O) groups excluding carboxylic acids is 1. The average molecular weight is 294 g/mol. The van der Waals surface area contributed by atoms with Crippen molar-refractivity contribution in [2.24, 2.45) is 12.2 Å². The molecular weight excluding hydrogens is 280 g/mol. The van der Waals surface area contributed by atoms with Gasteiger partial charge >= 0.3 is 5.69 Å². The first-order valence-electron chi connectivity index (χ1n) is 6.35. The Morgan fingerprint density at radius 2 is 2.33 bits per heavy atom. The molecule has 1 fully saturated rings. The number of ketones is 1. The maximum absolute atomic E-state index is 12.0. The molecule has 0 bridgehead atoms. The van der Waals surface area contributed by atoms with E-state index in [0.29, 0.717) is 12.1 Å². The summed E-state index contributed by atoms with van der Waals surface area (Å²) >= 11 is 0. The topological polar surface area (TPSA) is 136 Å². The monoisotopic (exact) mass is 294 g/mol. The minimum absolute atomic E-state index is 0.149. The van der Waals surface area contributed by atoms with Crippen molar-refractivity contribution in [2.75, 3.05) is 0 Å². The molecule has 0 amide bonds. The van der Waals surface area contributed by atoms with E-state index < -0.39 is 23.2 Å². The first-order valence-corrected chi connectivity index (χ1v) is 6.35. The van der Waals surface area contributed by atoms with Gasteiger partial charge in [-0.15, -0.1) is 0 Å². The van der Waals surface area contributed by atoms with Crippen molar-refractivity contribution < 1.29 is 14.5 Å². The minimum atomic E-state index is -0.803. The van der Waals surface area contributed by atoms with Crippen LogP contribution in [0.1, 0.15) is 31.6 Å². The summed E-state index contributed by atoms with van der Waals surface area (Å²) in [6, 6.07) is -0.803. The van der Waals surface area contributed by atoms with E-state index in [-0.39, 0.29) is 17.9 Å². The second kappa shape index (κ2) is 5.90. The highest BCUT2D eigenvalue weighted by Crippen LogP contribution is 2.34. The van der Waals surface area contributed by atoms with Crippen LogP contribution in [-0.2, 0) is 16.6 Å². The summed E-state index contributed by atoms with van der Waals surface area (Å²) < 4.78 is 6.99. The zero-order valence-corrected chi connectivity index (χ0v) is 11.5. The van der Waals surface area contributed by atoms with Crippen molar-refractivity contribution in [3.05, 3.63) is 32.4 Å². The first kappa shape index (κ1) is 14.9. The zero-order chi connectivity index (χ0) is 15.6. The first-order chi connectivity index (χ1) is 9.95. The summed E-state index contributed by atoms with van der Waals surface area (Å²) in [5.41, 5.74) is 8.65. The van der Waals surface area contributed by atoms with Crippen molar-refractivity contribution in [3.63, 3.8) is 0 Å². The van der Waals surface area contributed by atoms with E-state index in [1.807, 2.05) is 0 Å². The molecule has 0 radical (unpaired) electrons. The third kappa shape index (κ3) is 2.86.